The average molecular weight is 233 g/mol. The average Bonchev–Trinajstić information content (AvgIpc) is 2.38. The van der Waals surface area contributed by atoms with Crippen LogP contribution in [0.25, 0.3) is 0 Å². The summed E-state index contributed by atoms with van der Waals surface area (Å²) in [5.41, 5.74) is 2.40. The predicted octanol–water partition coefficient (Wildman–Crippen LogP) is 1.98. The monoisotopic (exact) mass is 233 g/mol. The van der Waals surface area contributed by atoms with Gasteiger partial charge in [-0.25, -0.2) is 4.99 Å². The van der Waals surface area contributed by atoms with Gasteiger partial charge in [0.15, 0.2) is 5.96 Å². The molecule has 1 aromatic rings. The predicted molar refractivity (Wildman–Crippen MR) is 70.3 cm³/mol. The first kappa shape index (κ1) is 11.9. The van der Waals surface area contributed by atoms with Gasteiger partial charge in [-0.3, -0.25) is 0 Å². The number of aliphatic imine (C=N–C) groups is 1. The summed E-state index contributed by atoms with van der Waals surface area (Å²) >= 11 is 0. The summed E-state index contributed by atoms with van der Waals surface area (Å²) < 4.78 is 5.01. The van der Waals surface area contributed by atoms with E-state index < -0.39 is 0 Å². The molecule has 0 bridgehead atoms. The molecule has 0 saturated carbocycles. The van der Waals surface area contributed by atoms with Crippen molar-refractivity contribution in [3.05, 3.63) is 29.8 Å². The number of fused-ring (bicyclic) bond motifs is 1. The number of ether oxygens (including phenoxy) is 1. The summed E-state index contributed by atoms with van der Waals surface area (Å²) in [7, 11) is 1.73. The van der Waals surface area contributed by atoms with Gasteiger partial charge in [-0.2, -0.15) is 0 Å². The highest BCUT2D eigenvalue weighted by atomic mass is 16.5. The number of nitrogens with zero attached hydrogens (tertiary/aromatic N) is 1. The van der Waals surface area contributed by atoms with Crippen LogP contribution in [0.15, 0.2) is 29.3 Å². The summed E-state index contributed by atoms with van der Waals surface area (Å²) in [5, 5.41) is 6.60. The number of para-hydroxylation sites is 1. The molecule has 1 aromatic carbocycles. The van der Waals surface area contributed by atoms with Gasteiger partial charge < -0.3 is 15.4 Å². The minimum atomic E-state index is 0.754. The molecule has 0 atom stereocenters. The maximum absolute atomic E-state index is 5.01. The Kier molecular flexibility index (Phi) is 4.38. The molecule has 0 amide bonds. The number of guanidine groups is 1. The lowest BCUT2D eigenvalue weighted by Gasteiger charge is -2.19. The van der Waals surface area contributed by atoms with Gasteiger partial charge in [0, 0.05) is 25.9 Å². The fourth-order valence-corrected chi connectivity index (χ4v) is 1.79. The molecule has 92 valence electrons. The molecule has 1 heterocycles. The SMILES string of the molecule is COCCCCNC1=NCc2ccccc2N1. The lowest BCUT2D eigenvalue weighted by Crippen LogP contribution is -2.33. The molecule has 17 heavy (non-hydrogen) atoms. The van der Waals surface area contributed by atoms with Crippen molar-refractivity contribution in [2.75, 3.05) is 25.6 Å². The Hall–Kier alpha value is -1.55. The van der Waals surface area contributed by atoms with Crippen molar-refractivity contribution in [1.29, 1.82) is 0 Å². The molecule has 0 aromatic heterocycles. The smallest absolute Gasteiger partial charge is 0.196 e. The fourth-order valence-electron chi connectivity index (χ4n) is 1.79. The number of unbranched alkanes of at least 4 members (excludes halogenated alkanes) is 1. The Morgan fingerprint density at radius 1 is 1.35 bits per heavy atom. The number of hydrogen-bond donors (Lipinski definition) is 2. The van der Waals surface area contributed by atoms with E-state index in [9.17, 15) is 0 Å². The zero-order valence-corrected chi connectivity index (χ0v) is 10.2. The van der Waals surface area contributed by atoms with E-state index in [1.54, 1.807) is 7.11 Å². The van der Waals surface area contributed by atoms with Gasteiger partial charge in [0.2, 0.25) is 0 Å². The quantitative estimate of drug-likeness (QED) is 0.764. The Morgan fingerprint density at radius 3 is 3.12 bits per heavy atom. The number of nitrogens with one attached hydrogen (secondary N) is 2. The highest BCUT2D eigenvalue weighted by molar-refractivity contribution is 5.95. The van der Waals surface area contributed by atoms with Crippen LogP contribution in [0.5, 0.6) is 0 Å². The molecule has 1 aliphatic heterocycles. The van der Waals surface area contributed by atoms with E-state index in [0.717, 1.165) is 44.2 Å². The molecule has 1 aliphatic rings. The molecular formula is C13H19N3O. The molecule has 0 aliphatic carbocycles. The standard InChI is InChI=1S/C13H19N3O/c1-17-9-5-4-8-14-13-15-10-11-6-2-3-7-12(11)16-13/h2-3,6-7H,4-5,8-10H2,1H3,(H2,14,15,16). The lowest BCUT2D eigenvalue weighted by atomic mass is 10.1. The summed E-state index contributed by atoms with van der Waals surface area (Å²) in [5.74, 6) is 0.876. The Balaban J connectivity index is 1.75. The third-order valence-corrected chi connectivity index (χ3v) is 2.75. The van der Waals surface area contributed by atoms with Crippen molar-refractivity contribution in [1.82, 2.24) is 5.32 Å². The van der Waals surface area contributed by atoms with Crippen molar-refractivity contribution in [3.8, 4) is 0 Å². The van der Waals surface area contributed by atoms with E-state index in [0.29, 0.717) is 0 Å². The van der Waals surface area contributed by atoms with E-state index in [4.69, 9.17) is 4.74 Å². The van der Waals surface area contributed by atoms with Gasteiger partial charge >= 0.3 is 0 Å². The minimum Gasteiger partial charge on any atom is -0.385 e. The summed E-state index contributed by atoms with van der Waals surface area (Å²) in [6.07, 6.45) is 2.17. The number of hydrogen-bond acceptors (Lipinski definition) is 4. The maximum Gasteiger partial charge on any atom is 0.196 e. The van der Waals surface area contributed by atoms with Crippen LogP contribution >= 0.6 is 0 Å². The van der Waals surface area contributed by atoms with Gasteiger partial charge in [-0.05, 0) is 24.5 Å². The largest absolute Gasteiger partial charge is 0.385 e. The van der Waals surface area contributed by atoms with E-state index in [1.807, 2.05) is 12.1 Å². The van der Waals surface area contributed by atoms with Crippen LogP contribution in [0.2, 0.25) is 0 Å². The van der Waals surface area contributed by atoms with Gasteiger partial charge in [0.05, 0.1) is 6.54 Å². The second kappa shape index (κ2) is 6.25. The number of anilines is 1. The van der Waals surface area contributed by atoms with Crippen molar-refractivity contribution in [2.24, 2.45) is 4.99 Å². The molecule has 2 N–H and O–H groups in total. The van der Waals surface area contributed by atoms with Crippen LogP contribution < -0.4 is 10.6 Å². The summed E-state index contributed by atoms with van der Waals surface area (Å²) in [6, 6.07) is 8.25. The molecule has 0 radical (unpaired) electrons. The maximum atomic E-state index is 5.01. The first-order chi connectivity index (χ1) is 8.40. The van der Waals surface area contributed by atoms with Gasteiger partial charge in [0.1, 0.15) is 0 Å². The van der Waals surface area contributed by atoms with E-state index >= 15 is 0 Å². The summed E-state index contributed by atoms with van der Waals surface area (Å²) in [6.45, 7) is 2.51. The molecule has 0 fully saturated rings. The van der Waals surface area contributed by atoms with Gasteiger partial charge in [0.25, 0.3) is 0 Å². The van der Waals surface area contributed by atoms with Crippen molar-refractivity contribution < 1.29 is 4.74 Å². The molecule has 2 rings (SSSR count). The van der Waals surface area contributed by atoms with Crippen LogP contribution in [0, 0.1) is 0 Å². The van der Waals surface area contributed by atoms with E-state index in [1.165, 1.54) is 5.56 Å². The number of methoxy groups -OCH3 is 1. The third-order valence-electron chi connectivity index (χ3n) is 2.75. The lowest BCUT2D eigenvalue weighted by molar-refractivity contribution is 0.193. The van der Waals surface area contributed by atoms with Crippen molar-refractivity contribution in [3.63, 3.8) is 0 Å². The molecule has 0 saturated heterocycles. The number of rotatable bonds is 5. The molecule has 4 nitrogen and oxygen atoms in total. The van der Waals surface area contributed by atoms with Gasteiger partial charge in [-0.15, -0.1) is 0 Å². The van der Waals surface area contributed by atoms with Crippen LogP contribution in [0.4, 0.5) is 5.69 Å². The first-order valence-electron chi connectivity index (χ1n) is 6.02. The first-order valence-corrected chi connectivity index (χ1v) is 6.02. The molecule has 0 unspecified atom stereocenters. The number of benzene rings is 1. The molecule has 4 heteroatoms. The van der Waals surface area contributed by atoms with Crippen LogP contribution in [0.3, 0.4) is 0 Å². The normalized spacial score (nSPS) is 13.6. The second-order valence-electron chi connectivity index (χ2n) is 4.07. The van der Waals surface area contributed by atoms with Crippen LogP contribution in [-0.2, 0) is 11.3 Å². The second-order valence-corrected chi connectivity index (χ2v) is 4.07. The van der Waals surface area contributed by atoms with Crippen LogP contribution in [0.1, 0.15) is 18.4 Å². The third kappa shape index (κ3) is 3.46. The zero-order valence-electron chi connectivity index (χ0n) is 10.2. The fraction of sp³-hybridized carbons (Fsp3) is 0.462. The molecule has 0 spiro atoms. The minimum absolute atomic E-state index is 0.754. The Labute approximate surface area is 102 Å². The van der Waals surface area contributed by atoms with Crippen molar-refractivity contribution in [2.45, 2.75) is 19.4 Å². The van der Waals surface area contributed by atoms with Gasteiger partial charge in [-0.1, -0.05) is 18.2 Å². The van der Waals surface area contributed by atoms with E-state index in [2.05, 4.69) is 27.8 Å². The van der Waals surface area contributed by atoms with Crippen molar-refractivity contribution >= 4 is 11.6 Å². The molecular weight excluding hydrogens is 214 g/mol. The Morgan fingerprint density at radius 2 is 2.24 bits per heavy atom. The van der Waals surface area contributed by atoms with Crippen LogP contribution in [-0.4, -0.2) is 26.2 Å². The Bertz CT molecular complexity index is 390. The zero-order chi connectivity index (χ0) is 11.9. The topological polar surface area (TPSA) is 45.6 Å². The highest BCUT2D eigenvalue weighted by Crippen LogP contribution is 2.18. The highest BCUT2D eigenvalue weighted by Gasteiger charge is 2.09. The summed E-state index contributed by atoms with van der Waals surface area (Å²) in [4.78, 5) is 4.45. The van der Waals surface area contributed by atoms with E-state index in [-0.39, 0.29) is 0 Å².